The molecule has 0 aromatic heterocycles. The second kappa shape index (κ2) is 4.28. The molecule has 0 bridgehead atoms. The molecule has 0 aromatic carbocycles. The van der Waals surface area contributed by atoms with Crippen LogP contribution in [-0.4, -0.2) is 31.1 Å². The standard InChI is InChI=1S/C10H19N3O/c11-8-1-3-9(4-2-8)13-10(14)7-5-12-6-7/h7-9,12H,1-6,11H2,(H,13,14). The first-order chi connectivity index (χ1) is 6.75. The lowest BCUT2D eigenvalue weighted by Gasteiger charge is -2.31. The van der Waals surface area contributed by atoms with Crippen molar-refractivity contribution in [1.82, 2.24) is 10.6 Å². The van der Waals surface area contributed by atoms with Crippen LogP contribution in [0, 0.1) is 5.92 Å². The molecule has 0 atom stereocenters. The van der Waals surface area contributed by atoms with Gasteiger partial charge in [-0.1, -0.05) is 0 Å². The summed E-state index contributed by atoms with van der Waals surface area (Å²) < 4.78 is 0. The van der Waals surface area contributed by atoms with Crippen molar-refractivity contribution in [2.24, 2.45) is 11.7 Å². The number of carbonyl (C=O) groups excluding carboxylic acids is 1. The van der Waals surface area contributed by atoms with Crippen LogP contribution in [0.1, 0.15) is 25.7 Å². The summed E-state index contributed by atoms with van der Waals surface area (Å²) in [5.41, 5.74) is 5.80. The lowest BCUT2D eigenvalue weighted by molar-refractivity contribution is -0.127. The molecule has 0 unspecified atom stereocenters. The highest BCUT2D eigenvalue weighted by Crippen LogP contribution is 2.17. The Bertz CT molecular complexity index is 207. The van der Waals surface area contributed by atoms with Gasteiger partial charge in [-0.2, -0.15) is 0 Å². The Kier molecular flexibility index (Phi) is 3.03. The van der Waals surface area contributed by atoms with E-state index in [0.29, 0.717) is 12.1 Å². The average Bonchev–Trinajstić information content (AvgIpc) is 2.06. The van der Waals surface area contributed by atoms with Gasteiger partial charge in [-0.3, -0.25) is 4.79 Å². The fourth-order valence-corrected chi connectivity index (χ4v) is 2.06. The molecule has 2 aliphatic rings. The molecular weight excluding hydrogens is 178 g/mol. The molecule has 1 aliphatic carbocycles. The molecule has 4 nitrogen and oxygen atoms in total. The van der Waals surface area contributed by atoms with Gasteiger partial charge in [0.1, 0.15) is 0 Å². The Hall–Kier alpha value is -0.610. The highest BCUT2D eigenvalue weighted by atomic mass is 16.2. The number of nitrogens with two attached hydrogens (primary N) is 1. The molecule has 0 spiro atoms. The van der Waals surface area contributed by atoms with E-state index in [9.17, 15) is 4.79 Å². The predicted molar refractivity (Wildman–Crippen MR) is 54.7 cm³/mol. The molecule has 2 rings (SSSR count). The van der Waals surface area contributed by atoms with Crippen molar-refractivity contribution in [1.29, 1.82) is 0 Å². The van der Waals surface area contributed by atoms with Gasteiger partial charge in [-0.05, 0) is 25.7 Å². The van der Waals surface area contributed by atoms with Gasteiger partial charge in [0.15, 0.2) is 0 Å². The minimum Gasteiger partial charge on any atom is -0.353 e. The van der Waals surface area contributed by atoms with Crippen LogP contribution in [0.2, 0.25) is 0 Å². The maximum atomic E-state index is 11.6. The zero-order chi connectivity index (χ0) is 9.97. The van der Waals surface area contributed by atoms with Gasteiger partial charge in [0.2, 0.25) is 5.91 Å². The van der Waals surface area contributed by atoms with Crippen LogP contribution < -0.4 is 16.4 Å². The first-order valence-electron chi connectivity index (χ1n) is 5.52. The van der Waals surface area contributed by atoms with Crippen LogP contribution >= 0.6 is 0 Å². The molecule has 1 saturated carbocycles. The maximum Gasteiger partial charge on any atom is 0.225 e. The molecule has 0 aromatic rings. The minimum atomic E-state index is 0.214. The van der Waals surface area contributed by atoms with Crippen molar-refractivity contribution in [3.05, 3.63) is 0 Å². The van der Waals surface area contributed by atoms with E-state index in [1.165, 1.54) is 0 Å². The number of nitrogens with one attached hydrogen (secondary N) is 2. The fraction of sp³-hybridized carbons (Fsp3) is 0.900. The smallest absolute Gasteiger partial charge is 0.225 e. The van der Waals surface area contributed by atoms with Crippen LogP contribution in [0.4, 0.5) is 0 Å². The highest BCUT2D eigenvalue weighted by Gasteiger charge is 2.27. The lowest BCUT2D eigenvalue weighted by Crippen LogP contribution is -2.53. The average molecular weight is 197 g/mol. The Morgan fingerprint density at radius 1 is 1.21 bits per heavy atom. The molecule has 1 amide bonds. The number of amides is 1. The van der Waals surface area contributed by atoms with E-state index < -0.39 is 0 Å². The molecule has 2 fully saturated rings. The fourth-order valence-electron chi connectivity index (χ4n) is 2.06. The highest BCUT2D eigenvalue weighted by molar-refractivity contribution is 5.80. The monoisotopic (exact) mass is 197 g/mol. The molecule has 4 heteroatoms. The Morgan fingerprint density at radius 3 is 2.36 bits per heavy atom. The summed E-state index contributed by atoms with van der Waals surface area (Å²) in [6.07, 6.45) is 4.20. The van der Waals surface area contributed by atoms with Gasteiger partial charge in [0.05, 0.1) is 5.92 Å². The van der Waals surface area contributed by atoms with E-state index in [2.05, 4.69) is 10.6 Å². The molecular formula is C10H19N3O. The first-order valence-corrected chi connectivity index (χ1v) is 5.52. The van der Waals surface area contributed by atoms with Crippen molar-refractivity contribution >= 4 is 5.91 Å². The van der Waals surface area contributed by atoms with Gasteiger partial charge in [0, 0.05) is 25.2 Å². The zero-order valence-electron chi connectivity index (χ0n) is 8.46. The van der Waals surface area contributed by atoms with Crippen molar-refractivity contribution in [3.63, 3.8) is 0 Å². The topological polar surface area (TPSA) is 67.1 Å². The van der Waals surface area contributed by atoms with Crippen molar-refractivity contribution in [2.45, 2.75) is 37.8 Å². The molecule has 14 heavy (non-hydrogen) atoms. The third kappa shape index (κ3) is 2.25. The summed E-state index contributed by atoms with van der Waals surface area (Å²) in [5, 5.41) is 6.21. The van der Waals surface area contributed by atoms with Gasteiger partial charge >= 0.3 is 0 Å². The normalized spacial score (nSPS) is 33.5. The van der Waals surface area contributed by atoms with E-state index >= 15 is 0 Å². The summed E-state index contributed by atoms with van der Waals surface area (Å²) >= 11 is 0. The van der Waals surface area contributed by atoms with Crippen LogP contribution in [0.15, 0.2) is 0 Å². The number of rotatable bonds is 2. The van der Waals surface area contributed by atoms with Gasteiger partial charge in [-0.25, -0.2) is 0 Å². The lowest BCUT2D eigenvalue weighted by atomic mass is 9.91. The zero-order valence-corrected chi connectivity index (χ0v) is 8.46. The SMILES string of the molecule is NC1CCC(NC(=O)C2CNC2)CC1. The van der Waals surface area contributed by atoms with Gasteiger partial charge < -0.3 is 16.4 Å². The quantitative estimate of drug-likeness (QED) is 0.564. The van der Waals surface area contributed by atoms with Gasteiger partial charge in [0.25, 0.3) is 0 Å². The third-order valence-corrected chi connectivity index (χ3v) is 3.27. The second-order valence-electron chi connectivity index (χ2n) is 4.48. The summed E-state index contributed by atoms with van der Waals surface area (Å²) in [6.45, 7) is 1.69. The molecule has 1 saturated heterocycles. The number of hydrogen-bond acceptors (Lipinski definition) is 3. The summed E-state index contributed by atoms with van der Waals surface area (Å²) in [5.74, 6) is 0.440. The van der Waals surface area contributed by atoms with Crippen LogP contribution in [0.25, 0.3) is 0 Å². The molecule has 4 N–H and O–H groups in total. The Balaban J connectivity index is 1.71. The third-order valence-electron chi connectivity index (χ3n) is 3.27. The number of carbonyl (C=O) groups is 1. The Labute approximate surface area is 84.6 Å². The van der Waals surface area contributed by atoms with E-state index in [4.69, 9.17) is 5.73 Å². The molecule has 80 valence electrons. The molecule has 1 aliphatic heterocycles. The second-order valence-corrected chi connectivity index (χ2v) is 4.48. The molecule has 0 radical (unpaired) electrons. The van der Waals surface area contributed by atoms with Crippen molar-refractivity contribution < 1.29 is 4.79 Å². The maximum absolute atomic E-state index is 11.6. The minimum absolute atomic E-state index is 0.214. The summed E-state index contributed by atoms with van der Waals surface area (Å²) in [7, 11) is 0. The van der Waals surface area contributed by atoms with Crippen molar-refractivity contribution in [3.8, 4) is 0 Å². The van der Waals surface area contributed by atoms with Crippen LogP contribution in [0.5, 0.6) is 0 Å². The summed E-state index contributed by atoms with van der Waals surface area (Å²) in [6, 6.07) is 0.733. The van der Waals surface area contributed by atoms with Crippen LogP contribution in [-0.2, 0) is 4.79 Å². The van der Waals surface area contributed by atoms with E-state index in [1.54, 1.807) is 0 Å². The van der Waals surface area contributed by atoms with Crippen molar-refractivity contribution in [2.75, 3.05) is 13.1 Å². The van der Waals surface area contributed by atoms with Crippen LogP contribution in [0.3, 0.4) is 0 Å². The van der Waals surface area contributed by atoms with E-state index in [1.807, 2.05) is 0 Å². The van der Waals surface area contributed by atoms with E-state index in [0.717, 1.165) is 38.8 Å². The van der Waals surface area contributed by atoms with E-state index in [-0.39, 0.29) is 11.8 Å². The number of hydrogen-bond donors (Lipinski definition) is 3. The molecule has 1 heterocycles. The first kappa shape index (κ1) is 9.93. The van der Waals surface area contributed by atoms with Gasteiger partial charge in [-0.15, -0.1) is 0 Å². The summed E-state index contributed by atoms with van der Waals surface area (Å²) in [4.78, 5) is 11.6. The largest absolute Gasteiger partial charge is 0.353 e. The Morgan fingerprint density at radius 2 is 1.86 bits per heavy atom. The predicted octanol–water partition coefficient (Wildman–Crippen LogP) is -0.408.